The third-order valence-electron chi connectivity index (χ3n) is 16.0. The molecule has 0 radical (unpaired) electrons. The highest BCUT2D eigenvalue weighted by Gasteiger charge is 2.43. The minimum Gasteiger partial charge on any atom is -0.486 e. The first-order valence-corrected chi connectivity index (χ1v) is 27.8. The number of nitrogens with zero attached hydrogens (tertiary/aromatic N) is 11. The third kappa shape index (κ3) is 11.0. The Hall–Kier alpha value is -7.92. The van der Waals surface area contributed by atoms with Crippen molar-refractivity contribution >= 4 is 39.4 Å². The molecule has 2 amide bonds. The zero-order valence-electron chi connectivity index (χ0n) is 46.6. The van der Waals surface area contributed by atoms with E-state index < -0.39 is 42.7 Å². The van der Waals surface area contributed by atoms with Crippen LogP contribution in [0.15, 0.2) is 79.4 Å². The number of likely N-dealkylation sites (tertiary alicyclic amines) is 1. The van der Waals surface area contributed by atoms with Crippen LogP contribution in [-0.2, 0) is 27.5 Å². The predicted octanol–water partition coefficient (Wildman–Crippen LogP) is 6.83. The molecule has 6 atom stereocenters. The Morgan fingerprint density at radius 1 is 0.988 bits per heavy atom. The maximum absolute atomic E-state index is 16.1. The van der Waals surface area contributed by atoms with Crippen molar-refractivity contribution in [3.05, 3.63) is 108 Å². The van der Waals surface area contributed by atoms with Gasteiger partial charge in [-0.05, 0) is 105 Å². The lowest BCUT2D eigenvalue weighted by Gasteiger charge is -2.30. The number of β-amino-alcohol motifs (C(OH)–C–C–N with tert-alkyl or cyclic N) is 1. The number of H-pyrrole nitrogens is 1. The van der Waals surface area contributed by atoms with Crippen LogP contribution < -0.4 is 25.0 Å². The van der Waals surface area contributed by atoms with Gasteiger partial charge in [0.15, 0.2) is 5.75 Å². The molecule has 1 aliphatic carbocycles. The van der Waals surface area contributed by atoms with Crippen LogP contribution in [0.4, 0.5) is 10.2 Å². The number of rotatable bonds is 21. The molecule has 3 fully saturated rings. The number of fused-ring (bicyclic) bond motifs is 2. The number of aliphatic hydroxyl groups is 2. The number of aromatic nitrogens is 10. The molecule has 2 saturated heterocycles. The van der Waals surface area contributed by atoms with Gasteiger partial charge in [0.05, 0.1) is 54.2 Å². The second kappa shape index (κ2) is 23.3. The van der Waals surface area contributed by atoms with E-state index >= 15 is 4.39 Å². The van der Waals surface area contributed by atoms with E-state index in [1.54, 1.807) is 44.9 Å². The van der Waals surface area contributed by atoms with Gasteiger partial charge in [0.1, 0.15) is 48.1 Å². The standard InChI is InChI=1S/C59H69FN14O7/c1-8-73-49(18-20-64-73)38-15-16-45(62-24-38)48(29-75)65-57(77)50-21-40(76)27-72(50)58(78)54(32(2)3)74-28-47(69-70-74)37-11-9-35(10-12-37)31-80-55-52(51-34(5)44(60)23-46-43(51)26-63-68-46)41(36-13-14-36)22-42-53(55)66-59(81-30-33(4)79-7)67-56(42)71(6)39-17-19-61-25-39/h9-12,15-16,18,20,22-24,26,28,32-33,36,39-40,48,50,54,61,75-76H,8,13-14,17,19,21,25,27,29-31H2,1-7H3,(H,63,68)(H,65,77)/t33-,39-,40+,48-,50-,54-/m0/s1. The first kappa shape index (κ1) is 55.0. The topological polar surface area (TPSA) is 249 Å². The lowest BCUT2D eigenvalue weighted by molar-refractivity contribution is -0.142. The number of amides is 2. The van der Waals surface area contributed by atoms with Crippen LogP contribution in [0.3, 0.4) is 0 Å². The highest BCUT2D eigenvalue weighted by atomic mass is 19.1. The molecule has 5 aromatic heterocycles. The van der Waals surface area contributed by atoms with E-state index in [2.05, 4.69) is 59.2 Å². The minimum absolute atomic E-state index is 0.0168. The zero-order valence-corrected chi connectivity index (χ0v) is 46.6. The molecule has 424 valence electrons. The number of likely N-dealkylation sites (N-methyl/N-ethyl adjacent to an activating group) is 1. The van der Waals surface area contributed by atoms with E-state index in [-0.39, 0.29) is 62.0 Å². The number of carbonyl (C=O) groups excluding carboxylic acids is 2. The smallest absolute Gasteiger partial charge is 0.319 e. The molecule has 1 saturated carbocycles. The molecular formula is C59H69FN14O7. The number of methoxy groups -OCH3 is 1. The van der Waals surface area contributed by atoms with Crippen molar-refractivity contribution in [2.75, 3.05) is 51.9 Å². The SMILES string of the molecule is CCn1nccc1-c1ccc([C@H](CO)NC(=O)[C@@H]2C[C@@H](O)CN2C(=O)[C@H](C(C)C)n2cc(-c3ccc(COc4c(-c5c(C)c(F)cc6[nH]ncc56)c(C5CC5)cc5c(N(C)[C@H]6CCNC6)nc(OC[C@H](C)OC)nc45)cc3)nn2)nc1. The molecule has 5 N–H and O–H groups in total. The lowest BCUT2D eigenvalue weighted by atomic mass is 9.88. The Labute approximate surface area is 468 Å². The van der Waals surface area contributed by atoms with Gasteiger partial charge in [-0.25, -0.2) is 9.07 Å². The Morgan fingerprint density at radius 3 is 2.49 bits per heavy atom. The first-order valence-electron chi connectivity index (χ1n) is 27.8. The van der Waals surface area contributed by atoms with Gasteiger partial charge in [0.25, 0.3) is 0 Å². The van der Waals surface area contributed by atoms with E-state index in [1.165, 1.54) is 15.6 Å². The van der Waals surface area contributed by atoms with Crippen molar-refractivity contribution in [2.45, 2.75) is 116 Å². The van der Waals surface area contributed by atoms with Crippen molar-refractivity contribution in [1.82, 2.24) is 65.5 Å². The van der Waals surface area contributed by atoms with Crippen molar-refractivity contribution in [3.63, 3.8) is 0 Å². The second-order valence-electron chi connectivity index (χ2n) is 21.9. The molecule has 11 rings (SSSR count). The summed E-state index contributed by atoms with van der Waals surface area (Å²) < 4.78 is 38.3. The van der Waals surface area contributed by atoms with Crippen LogP contribution in [0.5, 0.6) is 11.8 Å². The number of aromatic amines is 1. The Kier molecular flexibility index (Phi) is 15.8. The molecular weight excluding hydrogens is 1040 g/mol. The number of nitrogens with one attached hydrogen (secondary N) is 3. The first-order chi connectivity index (χ1) is 39.2. The van der Waals surface area contributed by atoms with Gasteiger partial charge in [-0.15, -0.1) is 5.10 Å². The van der Waals surface area contributed by atoms with Crippen LogP contribution >= 0.6 is 0 Å². The fourth-order valence-corrected chi connectivity index (χ4v) is 11.3. The third-order valence-corrected chi connectivity index (χ3v) is 16.0. The average molecular weight is 1110 g/mol. The van der Waals surface area contributed by atoms with Gasteiger partial charge in [-0.3, -0.25) is 24.4 Å². The van der Waals surface area contributed by atoms with Crippen molar-refractivity contribution in [2.24, 2.45) is 5.92 Å². The van der Waals surface area contributed by atoms with Gasteiger partial charge in [-0.2, -0.15) is 20.2 Å². The van der Waals surface area contributed by atoms with Crippen molar-refractivity contribution in [1.29, 1.82) is 0 Å². The van der Waals surface area contributed by atoms with Gasteiger partial charge >= 0.3 is 6.01 Å². The summed E-state index contributed by atoms with van der Waals surface area (Å²) in [5, 5.41) is 49.9. The molecule has 21 nitrogen and oxygen atoms in total. The van der Waals surface area contributed by atoms with E-state index in [0.29, 0.717) is 51.7 Å². The molecule has 3 aromatic carbocycles. The number of aryl methyl sites for hydroxylation is 1. The quantitative estimate of drug-likeness (QED) is 0.0494. The van der Waals surface area contributed by atoms with E-state index in [1.807, 2.05) is 68.8 Å². The Bertz CT molecular complexity index is 3560. The number of aliphatic hydroxyl groups excluding tert-OH is 2. The van der Waals surface area contributed by atoms with Crippen molar-refractivity contribution in [3.8, 4) is 45.4 Å². The summed E-state index contributed by atoms with van der Waals surface area (Å²) in [6.45, 7) is 11.7. The number of hydrogen-bond acceptors (Lipinski definition) is 16. The van der Waals surface area contributed by atoms with Gasteiger partial charge in [0.2, 0.25) is 11.8 Å². The maximum Gasteiger partial charge on any atom is 0.319 e. The van der Waals surface area contributed by atoms with E-state index in [9.17, 15) is 19.8 Å². The molecule has 2 aliphatic heterocycles. The highest BCUT2D eigenvalue weighted by molar-refractivity contribution is 6.06. The second-order valence-corrected chi connectivity index (χ2v) is 21.9. The zero-order chi connectivity index (χ0) is 56.6. The summed E-state index contributed by atoms with van der Waals surface area (Å²) in [6, 6.07) is 14.4. The normalized spacial score (nSPS) is 18.5. The molecule has 8 aromatic rings. The largest absolute Gasteiger partial charge is 0.486 e. The summed E-state index contributed by atoms with van der Waals surface area (Å²) in [5.41, 5.74) is 8.24. The molecule has 0 bridgehead atoms. The Balaban J connectivity index is 0.867. The van der Waals surface area contributed by atoms with Crippen LogP contribution in [0.25, 0.3) is 55.4 Å². The number of pyridine rings is 1. The fraction of sp³-hybridized carbons (Fsp3) is 0.441. The van der Waals surface area contributed by atoms with Crippen molar-refractivity contribution < 1.29 is 38.4 Å². The molecule has 7 heterocycles. The van der Waals surface area contributed by atoms with E-state index in [4.69, 9.17) is 24.2 Å². The molecule has 81 heavy (non-hydrogen) atoms. The summed E-state index contributed by atoms with van der Waals surface area (Å²) in [6.07, 6.45) is 8.53. The summed E-state index contributed by atoms with van der Waals surface area (Å²) in [7, 11) is 3.68. The lowest BCUT2D eigenvalue weighted by Crippen LogP contribution is -2.50. The number of anilines is 1. The van der Waals surface area contributed by atoms with Gasteiger partial charge in [0, 0.05) is 91.7 Å². The number of halogens is 1. The van der Waals surface area contributed by atoms with Crippen LogP contribution in [0.1, 0.15) is 93.8 Å². The van der Waals surface area contributed by atoms with Gasteiger partial charge < -0.3 is 44.9 Å². The molecule has 22 heteroatoms. The van der Waals surface area contributed by atoms with Gasteiger partial charge in [-0.1, -0.05) is 43.3 Å². The number of hydrogen-bond donors (Lipinski definition) is 5. The number of carbonyl (C=O) groups is 2. The number of ether oxygens (including phenoxy) is 3. The van der Waals surface area contributed by atoms with Crippen LogP contribution in [0.2, 0.25) is 0 Å². The summed E-state index contributed by atoms with van der Waals surface area (Å²) in [5.74, 6) is -0.198. The number of benzene rings is 3. The van der Waals surface area contributed by atoms with E-state index in [0.717, 1.165) is 76.6 Å². The summed E-state index contributed by atoms with van der Waals surface area (Å²) >= 11 is 0. The monoisotopic (exact) mass is 1100 g/mol. The van der Waals surface area contributed by atoms with Crippen LogP contribution in [0, 0.1) is 18.7 Å². The minimum atomic E-state index is -1.01. The molecule has 0 unspecified atom stereocenters. The highest BCUT2D eigenvalue weighted by Crippen LogP contribution is 2.53. The molecule has 0 spiro atoms. The summed E-state index contributed by atoms with van der Waals surface area (Å²) in [4.78, 5) is 46.9. The maximum atomic E-state index is 16.1. The molecule has 3 aliphatic rings. The Morgan fingerprint density at radius 2 is 1.79 bits per heavy atom. The van der Waals surface area contributed by atoms with Crippen LogP contribution in [-0.4, -0.2) is 148 Å². The predicted molar refractivity (Wildman–Crippen MR) is 302 cm³/mol. The average Bonchev–Trinajstić information content (AvgIpc) is 4.27. The fourth-order valence-electron chi connectivity index (χ4n) is 11.3.